The lowest BCUT2D eigenvalue weighted by Crippen LogP contribution is -2.01. The molecule has 0 amide bonds. The van der Waals surface area contributed by atoms with Crippen molar-refractivity contribution < 1.29 is 14.3 Å². The van der Waals surface area contributed by atoms with Gasteiger partial charge in [-0.15, -0.1) is 0 Å². The van der Waals surface area contributed by atoms with Gasteiger partial charge in [0.2, 0.25) is 0 Å². The first-order valence-electron chi connectivity index (χ1n) is 2.94. The molecule has 1 aromatic rings. The molecule has 1 N–H and O–H groups in total. The fraction of sp³-hybridized carbons (Fsp3) is 0.143. The largest absolute Gasteiger partial charge is 0.508 e. The average Bonchev–Trinajstić information content (AvgIpc) is 1.85. The van der Waals surface area contributed by atoms with Crippen LogP contribution in [0.4, 0.5) is 0 Å². The van der Waals surface area contributed by atoms with Gasteiger partial charge < -0.3 is 9.52 Å². The van der Waals surface area contributed by atoms with E-state index in [-0.39, 0.29) is 11.5 Å². The van der Waals surface area contributed by atoms with E-state index in [0.29, 0.717) is 0 Å². The molecule has 11 heavy (non-hydrogen) atoms. The Labute approximate surface area is 62.1 Å². The second-order valence-electron chi connectivity index (χ2n) is 2.06. The average molecular weight is 154 g/mol. The van der Waals surface area contributed by atoms with Crippen molar-refractivity contribution in [3.63, 3.8) is 0 Å². The molecule has 0 fully saturated rings. The number of hydrogen-bond donors (Lipinski definition) is 1. The van der Waals surface area contributed by atoms with Gasteiger partial charge >= 0.3 is 5.63 Å². The number of carbonyl (C=O) groups is 1. The van der Waals surface area contributed by atoms with Crippen molar-refractivity contribution in [2.45, 2.75) is 6.92 Å². The monoisotopic (exact) mass is 154 g/mol. The van der Waals surface area contributed by atoms with Crippen LogP contribution in [0.2, 0.25) is 0 Å². The summed E-state index contributed by atoms with van der Waals surface area (Å²) in [5.74, 6) is -0.778. The molecule has 0 aromatic carbocycles. The molecule has 0 atom stereocenters. The molecular formula is C7H6O4. The summed E-state index contributed by atoms with van der Waals surface area (Å²) in [7, 11) is 0. The Morgan fingerprint density at radius 3 is 2.64 bits per heavy atom. The Morgan fingerprint density at radius 1 is 1.55 bits per heavy atom. The molecular weight excluding hydrogens is 148 g/mol. The lowest BCUT2D eigenvalue weighted by atomic mass is 10.3. The van der Waals surface area contributed by atoms with E-state index in [0.717, 1.165) is 12.1 Å². The highest BCUT2D eigenvalue weighted by atomic mass is 16.4. The van der Waals surface area contributed by atoms with Crippen molar-refractivity contribution in [2.75, 3.05) is 0 Å². The summed E-state index contributed by atoms with van der Waals surface area (Å²) < 4.78 is 4.45. The molecule has 1 aromatic heterocycles. The number of Topliss-reactive ketones (excluding diaryl/α,β-unsaturated/α-hetero) is 1. The van der Waals surface area contributed by atoms with Crippen LogP contribution in [-0.4, -0.2) is 10.9 Å². The van der Waals surface area contributed by atoms with E-state index in [2.05, 4.69) is 4.42 Å². The predicted molar refractivity (Wildman–Crippen MR) is 36.6 cm³/mol. The maximum absolute atomic E-state index is 10.6. The highest BCUT2D eigenvalue weighted by molar-refractivity contribution is 5.91. The van der Waals surface area contributed by atoms with Crippen LogP contribution < -0.4 is 5.63 Å². The van der Waals surface area contributed by atoms with Gasteiger partial charge in [-0.2, -0.15) is 0 Å². The second-order valence-corrected chi connectivity index (χ2v) is 2.06. The Kier molecular flexibility index (Phi) is 1.76. The Hall–Kier alpha value is -1.58. The first-order chi connectivity index (χ1) is 5.09. The first-order valence-corrected chi connectivity index (χ1v) is 2.94. The van der Waals surface area contributed by atoms with Crippen LogP contribution in [-0.2, 0) is 0 Å². The van der Waals surface area contributed by atoms with Gasteiger partial charge in [-0.25, -0.2) is 4.79 Å². The van der Waals surface area contributed by atoms with Crippen LogP contribution in [0.25, 0.3) is 0 Å². The molecule has 0 aliphatic heterocycles. The normalized spacial score (nSPS) is 9.55. The summed E-state index contributed by atoms with van der Waals surface area (Å²) in [6, 6.07) is 2.00. The minimum absolute atomic E-state index is 0.130. The molecule has 0 unspecified atom stereocenters. The number of aromatic hydroxyl groups is 1. The zero-order valence-corrected chi connectivity index (χ0v) is 5.83. The molecule has 1 rings (SSSR count). The van der Waals surface area contributed by atoms with Crippen molar-refractivity contribution in [3.8, 4) is 5.75 Å². The van der Waals surface area contributed by atoms with Crippen molar-refractivity contribution in [2.24, 2.45) is 0 Å². The summed E-state index contributed by atoms with van der Waals surface area (Å²) in [5.41, 5.74) is -0.727. The third kappa shape index (κ3) is 1.67. The van der Waals surface area contributed by atoms with E-state index in [4.69, 9.17) is 5.11 Å². The van der Waals surface area contributed by atoms with Gasteiger partial charge in [-0.1, -0.05) is 0 Å². The number of hydrogen-bond acceptors (Lipinski definition) is 4. The molecule has 0 bridgehead atoms. The SMILES string of the molecule is CC(=O)c1cc(O)cc(=O)o1. The standard InChI is InChI=1S/C7H6O4/c1-4(8)6-2-5(9)3-7(10)11-6/h2-3,9H,1H3. The summed E-state index contributed by atoms with van der Waals surface area (Å²) >= 11 is 0. The zero-order valence-electron chi connectivity index (χ0n) is 5.83. The lowest BCUT2D eigenvalue weighted by molar-refractivity contribution is 0.0982. The Morgan fingerprint density at radius 2 is 2.18 bits per heavy atom. The third-order valence-corrected chi connectivity index (χ3v) is 1.10. The van der Waals surface area contributed by atoms with Crippen LogP contribution in [0.3, 0.4) is 0 Å². The topological polar surface area (TPSA) is 67.5 Å². The highest BCUT2D eigenvalue weighted by Gasteiger charge is 2.04. The van der Waals surface area contributed by atoms with E-state index < -0.39 is 11.4 Å². The van der Waals surface area contributed by atoms with Crippen molar-refractivity contribution in [1.29, 1.82) is 0 Å². The van der Waals surface area contributed by atoms with Gasteiger partial charge in [0.25, 0.3) is 0 Å². The fourth-order valence-corrected chi connectivity index (χ4v) is 0.638. The minimum Gasteiger partial charge on any atom is -0.508 e. The van der Waals surface area contributed by atoms with E-state index in [1.807, 2.05) is 0 Å². The van der Waals surface area contributed by atoms with Crippen LogP contribution in [0.5, 0.6) is 5.75 Å². The molecule has 0 aliphatic rings. The first kappa shape index (κ1) is 7.53. The summed E-state index contributed by atoms with van der Waals surface area (Å²) in [6.07, 6.45) is 0. The molecule has 4 heteroatoms. The molecule has 0 saturated heterocycles. The summed E-state index contributed by atoms with van der Waals surface area (Å²) in [4.78, 5) is 21.1. The zero-order chi connectivity index (χ0) is 8.43. The molecule has 58 valence electrons. The van der Waals surface area contributed by atoms with E-state index in [9.17, 15) is 9.59 Å². The van der Waals surface area contributed by atoms with Gasteiger partial charge in [-0.3, -0.25) is 4.79 Å². The predicted octanol–water partition coefficient (Wildman–Crippen LogP) is 0.548. The van der Waals surface area contributed by atoms with Gasteiger partial charge in [0.1, 0.15) is 5.75 Å². The number of rotatable bonds is 1. The van der Waals surface area contributed by atoms with Crippen LogP contribution >= 0.6 is 0 Å². The third-order valence-electron chi connectivity index (χ3n) is 1.10. The van der Waals surface area contributed by atoms with Gasteiger partial charge in [0, 0.05) is 13.0 Å². The fourth-order valence-electron chi connectivity index (χ4n) is 0.638. The van der Waals surface area contributed by atoms with E-state index in [1.54, 1.807) is 0 Å². The second kappa shape index (κ2) is 2.57. The molecule has 4 nitrogen and oxygen atoms in total. The number of carbonyl (C=O) groups excluding carboxylic acids is 1. The minimum atomic E-state index is -0.727. The Balaban J connectivity index is 3.30. The quantitative estimate of drug-likeness (QED) is 0.599. The van der Waals surface area contributed by atoms with Crippen molar-refractivity contribution in [3.05, 3.63) is 28.3 Å². The highest BCUT2D eigenvalue weighted by Crippen LogP contribution is 2.07. The van der Waals surface area contributed by atoms with Gasteiger partial charge in [-0.05, 0) is 0 Å². The number of ketones is 1. The van der Waals surface area contributed by atoms with E-state index >= 15 is 0 Å². The molecule has 1 heterocycles. The summed E-state index contributed by atoms with van der Waals surface area (Å²) in [5, 5.41) is 8.83. The lowest BCUT2D eigenvalue weighted by Gasteiger charge is -1.92. The van der Waals surface area contributed by atoms with Crippen LogP contribution in [0, 0.1) is 0 Å². The molecule has 0 aliphatic carbocycles. The van der Waals surface area contributed by atoms with Crippen molar-refractivity contribution in [1.82, 2.24) is 0 Å². The van der Waals surface area contributed by atoms with Gasteiger partial charge in [0.05, 0.1) is 6.07 Å². The molecule has 0 spiro atoms. The smallest absolute Gasteiger partial charge is 0.340 e. The van der Waals surface area contributed by atoms with Crippen LogP contribution in [0.15, 0.2) is 21.3 Å². The van der Waals surface area contributed by atoms with Gasteiger partial charge in [0.15, 0.2) is 11.5 Å². The van der Waals surface area contributed by atoms with Crippen molar-refractivity contribution >= 4 is 5.78 Å². The molecule has 0 radical (unpaired) electrons. The van der Waals surface area contributed by atoms with E-state index in [1.165, 1.54) is 6.92 Å². The maximum atomic E-state index is 10.6. The maximum Gasteiger partial charge on any atom is 0.340 e. The Bertz CT molecular complexity index is 337. The molecule has 0 saturated carbocycles. The van der Waals surface area contributed by atoms with Crippen LogP contribution in [0.1, 0.15) is 17.5 Å². The summed E-state index contributed by atoms with van der Waals surface area (Å²) in [6.45, 7) is 1.25.